The number of aliphatic hydroxyl groups is 1. The van der Waals surface area contributed by atoms with Crippen molar-refractivity contribution in [3.05, 3.63) is 48.2 Å². The molecule has 2 unspecified atom stereocenters. The van der Waals surface area contributed by atoms with Crippen LogP contribution >= 0.6 is 11.8 Å². The zero-order chi connectivity index (χ0) is 13.9. The largest absolute Gasteiger partial charge is 0.486 e. The minimum atomic E-state index is -0.595. The molecule has 20 heavy (non-hydrogen) atoms. The molecule has 2 aromatic rings. The molecular weight excluding hydrogens is 272 g/mol. The first-order valence-electron chi connectivity index (χ1n) is 6.50. The Hall–Kier alpha value is -1.72. The van der Waals surface area contributed by atoms with Crippen LogP contribution in [-0.2, 0) is 6.42 Å². The van der Waals surface area contributed by atoms with Crippen molar-refractivity contribution in [2.24, 2.45) is 0 Å². The van der Waals surface area contributed by atoms with Gasteiger partial charge in [0.15, 0.2) is 0 Å². The molecule has 0 bridgehead atoms. The molecule has 0 fully saturated rings. The van der Waals surface area contributed by atoms with E-state index in [1.54, 1.807) is 18.0 Å². The monoisotopic (exact) mass is 288 g/mol. The summed E-state index contributed by atoms with van der Waals surface area (Å²) in [5.41, 5.74) is 6.66. The van der Waals surface area contributed by atoms with Crippen molar-refractivity contribution in [2.45, 2.75) is 23.5 Å². The molecule has 3 rings (SSSR count). The third-order valence-electron chi connectivity index (χ3n) is 3.31. The molecule has 4 nitrogen and oxygen atoms in total. The molecule has 1 aliphatic heterocycles. The number of hydrogen-bond acceptors (Lipinski definition) is 5. The number of pyridine rings is 1. The van der Waals surface area contributed by atoms with E-state index in [0.717, 1.165) is 22.0 Å². The minimum Gasteiger partial charge on any atom is -0.486 e. The fourth-order valence-corrected chi connectivity index (χ4v) is 3.27. The number of nitrogen functional groups attached to an aromatic ring is 1. The van der Waals surface area contributed by atoms with Crippen molar-refractivity contribution < 1.29 is 9.84 Å². The van der Waals surface area contributed by atoms with Gasteiger partial charge in [-0.15, -0.1) is 11.8 Å². The summed E-state index contributed by atoms with van der Waals surface area (Å²) in [6, 6.07) is 11.6. The van der Waals surface area contributed by atoms with Gasteiger partial charge in [-0.1, -0.05) is 18.2 Å². The number of fused-ring (bicyclic) bond motifs is 1. The van der Waals surface area contributed by atoms with Crippen LogP contribution < -0.4 is 10.5 Å². The van der Waals surface area contributed by atoms with E-state index in [9.17, 15) is 5.11 Å². The second kappa shape index (κ2) is 5.73. The highest BCUT2D eigenvalue weighted by atomic mass is 32.2. The van der Waals surface area contributed by atoms with Crippen molar-refractivity contribution >= 4 is 17.6 Å². The van der Waals surface area contributed by atoms with Gasteiger partial charge in [-0.05, 0) is 23.8 Å². The minimum absolute atomic E-state index is 0.227. The summed E-state index contributed by atoms with van der Waals surface area (Å²) in [6.07, 6.45) is 1.28. The molecule has 5 heteroatoms. The first-order valence-corrected chi connectivity index (χ1v) is 7.48. The summed E-state index contributed by atoms with van der Waals surface area (Å²) >= 11 is 1.71. The van der Waals surface area contributed by atoms with Gasteiger partial charge in [0.1, 0.15) is 17.7 Å². The number of rotatable bonds is 3. The van der Waals surface area contributed by atoms with Crippen LogP contribution in [0.1, 0.15) is 5.56 Å². The molecule has 1 aliphatic rings. The first kappa shape index (κ1) is 13.3. The fraction of sp³-hybridized carbons (Fsp3) is 0.267. The summed E-state index contributed by atoms with van der Waals surface area (Å²) in [7, 11) is 0. The predicted octanol–water partition coefficient (Wildman–Crippen LogP) is 2.12. The second-order valence-corrected chi connectivity index (χ2v) is 5.80. The number of ether oxygens (including phenoxy) is 1. The summed E-state index contributed by atoms with van der Waals surface area (Å²) < 4.78 is 5.87. The van der Waals surface area contributed by atoms with Crippen LogP contribution in [-0.4, -0.2) is 28.1 Å². The van der Waals surface area contributed by atoms with E-state index >= 15 is 0 Å². The van der Waals surface area contributed by atoms with Gasteiger partial charge < -0.3 is 15.6 Å². The van der Waals surface area contributed by atoms with E-state index in [1.807, 2.05) is 36.4 Å². The standard InChI is InChI=1S/C15H16N2O2S/c16-15-10(4-3-7-17-15)8-11(18)13-9-20-14-6-2-1-5-12(14)19-13/h1-7,11,13,18H,8-9H2,(H2,16,17). The Kier molecular flexibility index (Phi) is 3.80. The number of thioether (sulfide) groups is 1. The van der Waals surface area contributed by atoms with Crippen molar-refractivity contribution in [3.63, 3.8) is 0 Å². The lowest BCUT2D eigenvalue weighted by Gasteiger charge is -2.29. The third-order valence-corrected chi connectivity index (χ3v) is 4.46. The Morgan fingerprint density at radius 2 is 2.20 bits per heavy atom. The smallest absolute Gasteiger partial charge is 0.134 e. The zero-order valence-electron chi connectivity index (χ0n) is 10.9. The summed E-state index contributed by atoms with van der Waals surface area (Å²) in [6.45, 7) is 0. The molecule has 0 radical (unpaired) electrons. The Morgan fingerprint density at radius 1 is 1.35 bits per heavy atom. The van der Waals surface area contributed by atoms with Gasteiger partial charge in [-0.2, -0.15) is 0 Å². The molecule has 0 saturated heterocycles. The lowest BCUT2D eigenvalue weighted by Crippen LogP contribution is -2.37. The average molecular weight is 288 g/mol. The first-order chi connectivity index (χ1) is 9.74. The molecule has 0 spiro atoms. The Bertz CT molecular complexity index is 606. The number of hydrogen-bond donors (Lipinski definition) is 2. The zero-order valence-corrected chi connectivity index (χ0v) is 11.7. The average Bonchev–Trinajstić information content (AvgIpc) is 2.49. The number of anilines is 1. The van der Waals surface area contributed by atoms with Crippen molar-refractivity contribution in [1.29, 1.82) is 0 Å². The maximum atomic E-state index is 10.4. The van der Waals surface area contributed by atoms with Crippen LogP contribution in [0.3, 0.4) is 0 Å². The quantitative estimate of drug-likeness (QED) is 0.905. The molecular formula is C15H16N2O2S. The van der Waals surface area contributed by atoms with Crippen LogP contribution in [0.4, 0.5) is 5.82 Å². The number of para-hydroxylation sites is 1. The van der Waals surface area contributed by atoms with E-state index in [-0.39, 0.29) is 6.10 Å². The van der Waals surface area contributed by atoms with Crippen molar-refractivity contribution in [1.82, 2.24) is 4.98 Å². The van der Waals surface area contributed by atoms with Crippen molar-refractivity contribution in [3.8, 4) is 5.75 Å². The highest BCUT2D eigenvalue weighted by molar-refractivity contribution is 7.99. The molecule has 1 aromatic carbocycles. The Labute approximate surface area is 122 Å². The van der Waals surface area contributed by atoms with Gasteiger partial charge in [0.25, 0.3) is 0 Å². The molecule has 0 saturated carbocycles. The van der Waals surface area contributed by atoms with Crippen LogP contribution in [0.15, 0.2) is 47.5 Å². The molecule has 2 atom stereocenters. The van der Waals surface area contributed by atoms with Crippen LogP contribution in [0.5, 0.6) is 5.75 Å². The number of nitrogens with zero attached hydrogens (tertiary/aromatic N) is 1. The van der Waals surface area contributed by atoms with E-state index in [1.165, 1.54) is 0 Å². The highest BCUT2D eigenvalue weighted by Crippen LogP contribution is 2.36. The number of aromatic nitrogens is 1. The second-order valence-electron chi connectivity index (χ2n) is 4.73. The van der Waals surface area contributed by atoms with Gasteiger partial charge in [0.2, 0.25) is 0 Å². The van der Waals surface area contributed by atoms with E-state index in [0.29, 0.717) is 12.2 Å². The summed E-state index contributed by atoms with van der Waals surface area (Å²) in [5, 5.41) is 10.4. The number of benzene rings is 1. The topological polar surface area (TPSA) is 68.4 Å². The maximum Gasteiger partial charge on any atom is 0.134 e. The molecule has 0 amide bonds. The maximum absolute atomic E-state index is 10.4. The van der Waals surface area contributed by atoms with Gasteiger partial charge in [0.05, 0.1) is 6.10 Å². The molecule has 104 valence electrons. The lowest BCUT2D eigenvalue weighted by molar-refractivity contribution is 0.0469. The van der Waals surface area contributed by atoms with Gasteiger partial charge in [-0.3, -0.25) is 0 Å². The lowest BCUT2D eigenvalue weighted by atomic mass is 10.1. The highest BCUT2D eigenvalue weighted by Gasteiger charge is 2.27. The van der Waals surface area contributed by atoms with Gasteiger partial charge in [-0.25, -0.2) is 4.98 Å². The third kappa shape index (κ3) is 2.73. The fourth-order valence-electron chi connectivity index (χ4n) is 2.21. The SMILES string of the molecule is Nc1ncccc1CC(O)C1CSc2ccccc2O1. The molecule has 2 heterocycles. The molecule has 1 aromatic heterocycles. The predicted molar refractivity (Wildman–Crippen MR) is 79.9 cm³/mol. The number of aliphatic hydroxyl groups excluding tert-OH is 1. The Balaban J connectivity index is 1.70. The normalized spacial score (nSPS) is 18.9. The van der Waals surface area contributed by atoms with Crippen molar-refractivity contribution in [2.75, 3.05) is 11.5 Å². The van der Waals surface area contributed by atoms with E-state index < -0.39 is 6.10 Å². The molecule has 0 aliphatic carbocycles. The van der Waals surface area contributed by atoms with Crippen LogP contribution in [0.2, 0.25) is 0 Å². The Morgan fingerprint density at radius 3 is 3.05 bits per heavy atom. The van der Waals surface area contributed by atoms with Gasteiger partial charge >= 0.3 is 0 Å². The molecule has 3 N–H and O–H groups in total. The summed E-state index contributed by atoms with van der Waals surface area (Å²) in [4.78, 5) is 5.16. The van der Waals surface area contributed by atoms with Gasteiger partial charge in [0, 0.05) is 23.3 Å². The number of nitrogens with two attached hydrogens (primary N) is 1. The van der Waals surface area contributed by atoms with E-state index in [2.05, 4.69) is 4.98 Å². The van der Waals surface area contributed by atoms with Crippen LogP contribution in [0, 0.1) is 0 Å². The van der Waals surface area contributed by atoms with Crippen LogP contribution in [0.25, 0.3) is 0 Å². The summed E-state index contributed by atoms with van der Waals surface area (Å²) in [5.74, 6) is 2.04. The van der Waals surface area contributed by atoms with E-state index in [4.69, 9.17) is 10.5 Å².